The van der Waals surface area contributed by atoms with Crippen LogP contribution in [0.1, 0.15) is 20.3 Å². The third-order valence-corrected chi connectivity index (χ3v) is 7.69. The molecule has 3 heterocycles. The Balaban J connectivity index is 1.70. The SMILES string of the molecule is [B]C([B])([B])NC(=O)C([B])([B])Oc1cc2cc(Nc3nc(N4C([B])([B])[C@H](C)C[C@H](C)C4([B])[B])ncc3Cl)ccc2n(C)c1=O. The Morgan fingerprint density at radius 3 is 2.26 bits per heavy atom. The predicted octanol–water partition coefficient (Wildman–Crippen LogP) is -1.21. The first kappa shape index (κ1) is 33.2. The van der Waals surface area contributed by atoms with Crippen LogP contribution in [-0.2, 0) is 11.8 Å². The first-order valence-electron chi connectivity index (χ1n) is 13.0. The number of ether oxygens (including phenoxy) is 1. The standard InChI is InChI=1S/C24H20B9ClN6O3/c1-10-6-11(2)22(27,28)40(21(10,25)26)20-35-9-14(34)17(37-20)36-13-4-5-15-12(7-13)8-16(18(41)39(15)3)43-23(29,30)19(42)38-24(31,32)33/h4-5,7-11H,6H2,1-3H3,(H,38,42)(H,35,36,37)/t10-,11+. The van der Waals surface area contributed by atoms with E-state index in [0.717, 1.165) is 0 Å². The number of hydrogen-bond donors (Lipinski definition) is 2. The van der Waals surface area contributed by atoms with Gasteiger partial charge in [0.05, 0.1) is 66.6 Å². The fourth-order valence-corrected chi connectivity index (χ4v) is 4.99. The van der Waals surface area contributed by atoms with Crippen molar-refractivity contribution in [1.82, 2.24) is 19.9 Å². The van der Waals surface area contributed by atoms with Gasteiger partial charge in [0, 0.05) is 18.1 Å². The summed E-state index contributed by atoms with van der Waals surface area (Å²) in [6.07, 6.45) is 1.96. The summed E-state index contributed by atoms with van der Waals surface area (Å²) in [5, 5.41) is -1.84. The molecule has 19 heteroatoms. The van der Waals surface area contributed by atoms with Crippen molar-refractivity contribution in [3.05, 3.63) is 45.8 Å². The third-order valence-electron chi connectivity index (χ3n) is 7.41. The molecule has 0 bridgehead atoms. The topological polar surface area (TPSA) is 101 Å². The molecule has 2 aromatic heterocycles. The van der Waals surface area contributed by atoms with Crippen molar-refractivity contribution in [3.8, 4) is 5.75 Å². The van der Waals surface area contributed by atoms with Crippen LogP contribution in [0.2, 0.25) is 5.02 Å². The van der Waals surface area contributed by atoms with Crippen LogP contribution in [0.25, 0.3) is 10.9 Å². The van der Waals surface area contributed by atoms with Gasteiger partial charge in [0.15, 0.2) is 11.6 Å². The van der Waals surface area contributed by atoms with Gasteiger partial charge in [0.2, 0.25) is 11.9 Å². The first-order valence-corrected chi connectivity index (χ1v) is 13.4. The lowest BCUT2D eigenvalue weighted by Gasteiger charge is -2.61. The van der Waals surface area contributed by atoms with E-state index in [0.29, 0.717) is 23.0 Å². The summed E-state index contributed by atoms with van der Waals surface area (Å²) in [7, 11) is 55.1. The third kappa shape index (κ3) is 6.54. The van der Waals surface area contributed by atoms with E-state index in [-0.39, 0.29) is 34.4 Å². The fourth-order valence-electron chi connectivity index (χ4n) is 4.85. The van der Waals surface area contributed by atoms with Gasteiger partial charge in [-0.15, -0.1) is 0 Å². The molecule has 198 valence electrons. The number of anilines is 3. The predicted molar refractivity (Wildman–Crippen MR) is 176 cm³/mol. The zero-order valence-electron chi connectivity index (χ0n) is 23.8. The molecule has 2 N–H and O–H groups in total. The number of nitrogens with zero attached hydrogens (tertiary/aromatic N) is 4. The van der Waals surface area contributed by atoms with E-state index in [9.17, 15) is 9.59 Å². The van der Waals surface area contributed by atoms with Gasteiger partial charge in [-0.3, -0.25) is 9.59 Å². The van der Waals surface area contributed by atoms with Crippen molar-refractivity contribution in [2.45, 2.75) is 41.6 Å². The number of aromatic nitrogens is 3. The molecule has 1 aliphatic heterocycles. The lowest BCUT2D eigenvalue weighted by molar-refractivity contribution is -0.126. The van der Waals surface area contributed by atoms with Gasteiger partial charge in [-0.2, -0.15) is 4.98 Å². The number of rotatable bonds is 7. The Bertz CT molecular complexity index is 1610. The molecule has 9 nitrogen and oxygen atoms in total. The van der Waals surface area contributed by atoms with Crippen molar-refractivity contribution in [3.63, 3.8) is 0 Å². The zero-order valence-corrected chi connectivity index (χ0v) is 24.6. The molecule has 1 fully saturated rings. The molecule has 0 unspecified atom stereocenters. The molecular formula is C24H20B9ClN6O3. The van der Waals surface area contributed by atoms with Gasteiger partial charge in [-0.25, -0.2) is 4.98 Å². The lowest BCUT2D eigenvalue weighted by Crippen LogP contribution is -2.72. The number of piperidine rings is 1. The lowest BCUT2D eigenvalue weighted by atomic mass is 9.41. The molecule has 1 amide bonds. The summed E-state index contributed by atoms with van der Waals surface area (Å²) < 4.78 is 6.65. The van der Waals surface area contributed by atoms with Crippen molar-refractivity contribution in [2.24, 2.45) is 18.9 Å². The van der Waals surface area contributed by atoms with Crippen molar-refractivity contribution < 1.29 is 9.53 Å². The summed E-state index contributed by atoms with van der Waals surface area (Å²) in [5.41, 5.74) is 0.370. The number of fused-ring (bicyclic) bond motifs is 1. The maximum absolute atomic E-state index is 13.0. The van der Waals surface area contributed by atoms with Crippen LogP contribution in [0.15, 0.2) is 35.3 Å². The van der Waals surface area contributed by atoms with Gasteiger partial charge >= 0.3 is 0 Å². The number of halogens is 1. The average Bonchev–Trinajstić information content (AvgIpc) is 2.86. The van der Waals surface area contributed by atoms with Crippen LogP contribution in [0.3, 0.4) is 0 Å². The number of amides is 1. The molecule has 1 aliphatic rings. The van der Waals surface area contributed by atoms with Crippen LogP contribution < -0.4 is 25.8 Å². The van der Waals surface area contributed by atoms with Crippen LogP contribution >= 0.6 is 11.6 Å². The molecule has 2 atom stereocenters. The summed E-state index contributed by atoms with van der Waals surface area (Å²) >= 11 is 6.43. The number of carbonyl (C=O) groups is 1. The van der Waals surface area contributed by atoms with Crippen LogP contribution in [0, 0.1) is 11.8 Å². The molecular weight excluding hydrogens is 553 g/mol. The summed E-state index contributed by atoms with van der Waals surface area (Å²) in [6.45, 7) is 3.78. The summed E-state index contributed by atoms with van der Waals surface area (Å²) in [6, 6.07) is 6.36. The van der Waals surface area contributed by atoms with Gasteiger partial charge in [0.25, 0.3) is 5.56 Å². The first-order chi connectivity index (χ1) is 19.6. The van der Waals surface area contributed by atoms with Crippen molar-refractivity contribution >= 4 is 116 Å². The number of aryl methyl sites for hydroxylation is 1. The minimum absolute atomic E-state index is 0.0659. The van der Waals surface area contributed by atoms with E-state index in [1.807, 2.05) is 19.2 Å². The molecule has 1 saturated heterocycles. The normalized spacial score (nSPS) is 20.0. The van der Waals surface area contributed by atoms with E-state index < -0.39 is 32.8 Å². The Kier molecular flexibility index (Phi) is 8.72. The van der Waals surface area contributed by atoms with E-state index in [2.05, 4.69) is 15.3 Å². The minimum Gasteiger partial charge on any atom is -0.492 e. The Labute approximate surface area is 267 Å². The number of carbonyl (C=O) groups excluding carboxylic acids is 1. The largest absolute Gasteiger partial charge is 0.492 e. The fraction of sp³-hybridized carbons (Fsp3) is 0.417. The molecule has 0 aliphatic carbocycles. The number of hydrogen-bond acceptors (Lipinski definition) is 7. The smallest absolute Gasteiger partial charge is 0.293 e. The Hall–Kier alpha value is -2.75. The second kappa shape index (κ2) is 11.3. The highest BCUT2D eigenvalue weighted by Gasteiger charge is 2.48. The van der Waals surface area contributed by atoms with Crippen molar-refractivity contribution in [2.75, 3.05) is 10.2 Å². The molecule has 0 spiro atoms. The minimum atomic E-state index is -2.55. The van der Waals surface area contributed by atoms with Gasteiger partial charge < -0.3 is 24.8 Å². The zero-order chi connectivity index (χ0) is 32.3. The van der Waals surface area contributed by atoms with Crippen LogP contribution in [0.5, 0.6) is 5.75 Å². The maximum atomic E-state index is 13.0. The molecule has 4 rings (SSSR count). The Morgan fingerprint density at radius 1 is 1.07 bits per heavy atom. The summed E-state index contributed by atoms with van der Waals surface area (Å²) in [5.74, 6) is -1.64. The quantitative estimate of drug-likeness (QED) is 0.343. The van der Waals surface area contributed by atoms with Gasteiger partial charge in [-0.1, -0.05) is 30.7 Å². The highest BCUT2D eigenvalue weighted by atomic mass is 35.5. The molecule has 0 saturated carbocycles. The van der Waals surface area contributed by atoms with Gasteiger partial charge in [0.1, 0.15) is 26.1 Å². The van der Waals surface area contributed by atoms with Gasteiger partial charge in [-0.05, 0) is 53.2 Å². The molecule has 3 aromatic rings. The highest BCUT2D eigenvalue weighted by Crippen LogP contribution is 2.42. The molecule has 43 heavy (non-hydrogen) atoms. The monoisotopic (exact) mass is 574 g/mol. The van der Waals surface area contributed by atoms with Crippen molar-refractivity contribution in [1.29, 1.82) is 0 Å². The van der Waals surface area contributed by atoms with E-state index in [1.54, 1.807) is 18.2 Å². The second-order valence-corrected chi connectivity index (χ2v) is 11.5. The van der Waals surface area contributed by atoms with E-state index >= 15 is 0 Å². The van der Waals surface area contributed by atoms with Crippen LogP contribution in [0.4, 0.5) is 17.5 Å². The number of nitrogens with one attached hydrogen (secondary N) is 2. The molecule has 18 radical (unpaired) electrons. The average molecular weight is 573 g/mol. The summed E-state index contributed by atoms with van der Waals surface area (Å²) in [4.78, 5) is 35.6. The Morgan fingerprint density at radius 2 is 1.67 bits per heavy atom. The molecule has 1 aromatic carbocycles. The highest BCUT2D eigenvalue weighted by molar-refractivity contribution is 6.61. The van der Waals surface area contributed by atoms with Crippen LogP contribution in [-0.4, -0.2) is 112 Å². The van der Waals surface area contributed by atoms with E-state index in [1.165, 1.54) is 28.8 Å². The number of benzene rings is 1. The maximum Gasteiger partial charge on any atom is 0.293 e. The number of pyridine rings is 1. The second-order valence-electron chi connectivity index (χ2n) is 11.1. The van der Waals surface area contributed by atoms with E-state index in [4.69, 9.17) is 87.0 Å².